The Morgan fingerprint density at radius 3 is 2.94 bits per heavy atom. The highest BCUT2D eigenvalue weighted by Crippen LogP contribution is 2.17. The SMILES string of the molecule is FC(F)CN(CCCl)c1cccc2nccn12. The lowest BCUT2D eigenvalue weighted by atomic mass is 10.4. The molecular formula is C11H12ClF2N3. The van der Waals surface area contributed by atoms with Crippen LogP contribution in [0.15, 0.2) is 30.6 Å². The van der Waals surface area contributed by atoms with Crippen molar-refractivity contribution in [2.75, 3.05) is 23.9 Å². The van der Waals surface area contributed by atoms with Crippen molar-refractivity contribution in [2.45, 2.75) is 6.43 Å². The molecule has 92 valence electrons. The van der Waals surface area contributed by atoms with E-state index in [1.807, 2.05) is 6.07 Å². The van der Waals surface area contributed by atoms with Gasteiger partial charge in [-0.15, -0.1) is 11.6 Å². The lowest BCUT2D eigenvalue weighted by Crippen LogP contribution is -2.32. The van der Waals surface area contributed by atoms with Crippen molar-refractivity contribution in [2.24, 2.45) is 0 Å². The first kappa shape index (κ1) is 12.1. The largest absolute Gasteiger partial charge is 0.351 e. The van der Waals surface area contributed by atoms with E-state index in [4.69, 9.17) is 11.6 Å². The van der Waals surface area contributed by atoms with E-state index >= 15 is 0 Å². The molecule has 0 bridgehead atoms. The van der Waals surface area contributed by atoms with Crippen LogP contribution in [0.5, 0.6) is 0 Å². The molecule has 0 aromatic carbocycles. The Balaban J connectivity index is 2.36. The molecule has 0 amide bonds. The van der Waals surface area contributed by atoms with Gasteiger partial charge in [0, 0.05) is 24.8 Å². The molecule has 0 spiro atoms. The summed E-state index contributed by atoms with van der Waals surface area (Å²) in [5.41, 5.74) is 0.733. The van der Waals surface area contributed by atoms with Gasteiger partial charge in [0.1, 0.15) is 11.5 Å². The molecule has 3 nitrogen and oxygen atoms in total. The molecule has 0 atom stereocenters. The summed E-state index contributed by atoms with van der Waals surface area (Å²) in [6.45, 7) is 0.0488. The van der Waals surface area contributed by atoms with Gasteiger partial charge in [-0.25, -0.2) is 13.8 Å². The Morgan fingerprint density at radius 2 is 2.24 bits per heavy atom. The van der Waals surface area contributed by atoms with Crippen LogP contribution < -0.4 is 4.90 Å². The van der Waals surface area contributed by atoms with E-state index in [1.54, 1.807) is 33.8 Å². The molecule has 0 fully saturated rings. The van der Waals surface area contributed by atoms with E-state index in [0.717, 1.165) is 5.65 Å². The van der Waals surface area contributed by atoms with E-state index in [9.17, 15) is 8.78 Å². The monoisotopic (exact) mass is 259 g/mol. The molecule has 0 aliphatic carbocycles. The second-order valence-corrected chi connectivity index (χ2v) is 3.94. The second kappa shape index (κ2) is 5.31. The molecule has 0 saturated heterocycles. The summed E-state index contributed by atoms with van der Waals surface area (Å²) in [6.07, 6.45) is 0.995. The maximum absolute atomic E-state index is 12.5. The summed E-state index contributed by atoms with van der Waals surface area (Å²) < 4.78 is 26.8. The van der Waals surface area contributed by atoms with Gasteiger partial charge in [-0.1, -0.05) is 6.07 Å². The zero-order valence-corrected chi connectivity index (χ0v) is 9.82. The van der Waals surface area contributed by atoms with E-state index in [2.05, 4.69) is 4.98 Å². The normalized spacial score (nSPS) is 11.3. The van der Waals surface area contributed by atoms with Gasteiger partial charge >= 0.3 is 0 Å². The first-order valence-corrected chi connectivity index (χ1v) is 5.77. The first-order valence-electron chi connectivity index (χ1n) is 5.23. The first-order chi connectivity index (χ1) is 8.22. The Morgan fingerprint density at radius 1 is 1.41 bits per heavy atom. The predicted octanol–water partition coefficient (Wildman–Crippen LogP) is 2.64. The Bertz CT molecular complexity index is 486. The number of alkyl halides is 3. The standard InChI is InChI=1S/C11H12ClF2N3/c12-4-6-16(8-9(13)14)11-3-1-2-10-15-5-7-17(10)11/h1-3,5,7,9H,4,6,8H2. The van der Waals surface area contributed by atoms with Crippen molar-refractivity contribution in [3.8, 4) is 0 Å². The third kappa shape index (κ3) is 2.66. The van der Waals surface area contributed by atoms with E-state index in [1.165, 1.54) is 0 Å². The summed E-state index contributed by atoms with van der Waals surface area (Å²) in [5.74, 6) is 0.985. The fourth-order valence-corrected chi connectivity index (χ4v) is 1.96. The van der Waals surface area contributed by atoms with Crippen molar-refractivity contribution in [3.63, 3.8) is 0 Å². The molecule has 0 unspecified atom stereocenters. The molecule has 6 heteroatoms. The highest BCUT2D eigenvalue weighted by atomic mass is 35.5. The maximum atomic E-state index is 12.5. The zero-order chi connectivity index (χ0) is 12.3. The number of hydrogen-bond donors (Lipinski definition) is 0. The molecular weight excluding hydrogens is 248 g/mol. The number of imidazole rings is 1. The average Bonchev–Trinajstić information content (AvgIpc) is 2.75. The number of fused-ring (bicyclic) bond motifs is 1. The molecule has 0 saturated carbocycles. The molecule has 2 aromatic heterocycles. The highest BCUT2D eigenvalue weighted by molar-refractivity contribution is 6.18. The number of pyridine rings is 1. The number of rotatable bonds is 5. The smallest absolute Gasteiger partial charge is 0.255 e. The molecule has 17 heavy (non-hydrogen) atoms. The summed E-state index contributed by atoms with van der Waals surface area (Å²) in [5, 5.41) is 0. The number of aromatic nitrogens is 2. The van der Waals surface area contributed by atoms with Crippen LogP contribution in [-0.2, 0) is 0 Å². The minimum atomic E-state index is -2.39. The molecule has 0 radical (unpaired) electrons. The van der Waals surface area contributed by atoms with Crippen LogP contribution in [0.2, 0.25) is 0 Å². The van der Waals surface area contributed by atoms with Gasteiger partial charge in [-0.3, -0.25) is 4.40 Å². The van der Waals surface area contributed by atoms with Gasteiger partial charge in [0.05, 0.1) is 6.54 Å². The fraction of sp³-hybridized carbons (Fsp3) is 0.364. The van der Waals surface area contributed by atoms with Crippen molar-refractivity contribution < 1.29 is 8.78 Å². The third-order valence-electron chi connectivity index (χ3n) is 2.44. The van der Waals surface area contributed by atoms with Crippen LogP contribution in [0.1, 0.15) is 0 Å². The summed E-state index contributed by atoms with van der Waals surface area (Å²) in [4.78, 5) is 5.68. The van der Waals surface area contributed by atoms with Crippen molar-refractivity contribution in [3.05, 3.63) is 30.6 Å². The Kier molecular flexibility index (Phi) is 3.78. The predicted molar refractivity (Wildman–Crippen MR) is 64.1 cm³/mol. The van der Waals surface area contributed by atoms with Gasteiger partial charge in [-0.05, 0) is 12.1 Å². The lowest BCUT2D eigenvalue weighted by molar-refractivity contribution is 0.155. The number of anilines is 1. The Hall–Kier alpha value is -1.36. The van der Waals surface area contributed by atoms with Gasteiger partial charge in [0.15, 0.2) is 0 Å². The number of nitrogens with zero attached hydrogens (tertiary/aromatic N) is 3. The van der Waals surface area contributed by atoms with Gasteiger partial charge in [0.2, 0.25) is 0 Å². The van der Waals surface area contributed by atoms with Crippen LogP contribution in [-0.4, -0.2) is 34.8 Å². The van der Waals surface area contributed by atoms with Crippen LogP contribution in [0.3, 0.4) is 0 Å². The number of hydrogen-bond acceptors (Lipinski definition) is 2. The number of halogens is 3. The molecule has 2 aromatic rings. The van der Waals surface area contributed by atoms with Gasteiger partial charge in [0.25, 0.3) is 6.43 Å². The van der Waals surface area contributed by atoms with E-state index < -0.39 is 6.43 Å². The molecule has 2 rings (SSSR count). The van der Waals surface area contributed by atoms with E-state index in [0.29, 0.717) is 18.2 Å². The maximum Gasteiger partial charge on any atom is 0.255 e. The second-order valence-electron chi connectivity index (χ2n) is 3.57. The molecule has 0 aliphatic heterocycles. The van der Waals surface area contributed by atoms with Crippen LogP contribution in [0, 0.1) is 0 Å². The van der Waals surface area contributed by atoms with Crippen molar-refractivity contribution >= 4 is 23.1 Å². The van der Waals surface area contributed by atoms with Crippen LogP contribution in [0.4, 0.5) is 14.6 Å². The van der Waals surface area contributed by atoms with Gasteiger partial charge in [-0.2, -0.15) is 0 Å². The zero-order valence-electron chi connectivity index (χ0n) is 9.06. The minimum Gasteiger partial charge on any atom is -0.351 e. The van der Waals surface area contributed by atoms with Crippen molar-refractivity contribution in [1.29, 1.82) is 0 Å². The van der Waals surface area contributed by atoms with Gasteiger partial charge < -0.3 is 4.90 Å². The highest BCUT2D eigenvalue weighted by Gasteiger charge is 2.14. The summed E-state index contributed by atoms with van der Waals surface area (Å²) >= 11 is 5.64. The van der Waals surface area contributed by atoms with Crippen molar-refractivity contribution in [1.82, 2.24) is 9.38 Å². The summed E-state index contributed by atoms with van der Waals surface area (Å²) in [7, 11) is 0. The molecule has 0 N–H and O–H groups in total. The minimum absolute atomic E-state index is 0.303. The summed E-state index contributed by atoms with van der Waals surface area (Å²) in [6, 6.07) is 5.40. The van der Waals surface area contributed by atoms with Crippen LogP contribution in [0.25, 0.3) is 5.65 Å². The average molecular weight is 260 g/mol. The fourth-order valence-electron chi connectivity index (χ4n) is 1.76. The molecule has 0 aliphatic rings. The molecule has 2 heterocycles. The topological polar surface area (TPSA) is 20.5 Å². The quantitative estimate of drug-likeness (QED) is 0.770. The van der Waals surface area contributed by atoms with Crippen LogP contribution >= 0.6 is 11.6 Å². The Labute approximate surface area is 103 Å². The third-order valence-corrected chi connectivity index (χ3v) is 2.61. The van der Waals surface area contributed by atoms with E-state index in [-0.39, 0.29) is 6.54 Å². The lowest BCUT2D eigenvalue weighted by Gasteiger charge is -2.24.